The van der Waals surface area contributed by atoms with Crippen molar-refractivity contribution in [2.24, 2.45) is 0 Å². The van der Waals surface area contributed by atoms with Crippen LogP contribution < -0.4 is 0 Å². The van der Waals surface area contributed by atoms with Crippen LogP contribution in [0.2, 0.25) is 0 Å². The molecule has 0 aromatic heterocycles. The molecule has 1 heterocycles. The van der Waals surface area contributed by atoms with Crippen molar-refractivity contribution in [2.45, 2.75) is 19.4 Å². The van der Waals surface area contributed by atoms with Gasteiger partial charge in [-0.1, -0.05) is 35.9 Å². The summed E-state index contributed by atoms with van der Waals surface area (Å²) in [5, 5.41) is 0. The van der Waals surface area contributed by atoms with E-state index in [4.69, 9.17) is 0 Å². The normalized spacial score (nSPS) is 16.4. The lowest BCUT2D eigenvalue weighted by Crippen LogP contribution is -2.30. The van der Waals surface area contributed by atoms with E-state index in [0.717, 1.165) is 32.5 Å². The molecule has 18 heavy (non-hydrogen) atoms. The highest BCUT2D eigenvalue weighted by Crippen LogP contribution is 2.18. The van der Waals surface area contributed by atoms with Gasteiger partial charge in [-0.3, -0.25) is 4.90 Å². The Kier molecular flexibility index (Phi) is 4.53. The predicted molar refractivity (Wildman–Crippen MR) is 71.1 cm³/mol. The molecule has 1 aliphatic heterocycles. The van der Waals surface area contributed by atoms with Gasteiger partial charge in [-0.2, -0.15) is 0 Å². The summed E-state index contributed by atoms with van der Waals surface area (Å²) in [5.41, 5.74) is 2.55. The van der Waals surface area contributed by atoms with Crippen LogP contribution in [-0.4, -0.2) is 31.1 Å². The number of benzene rings is 1. The highest BCUT2D eigenvalue weighted by Gasteiger charge is 2.14. The Bertz CT molecular complexity index is 415. The topological polar surface area (TPSA) is 29.5 Å². The van der Waals surface area contributed by atoms with E-state index in [1.165, 1.54) is 18.2 Å². The van der Waals surface area contributed by atoms with E-state index < -0.39 is 0 Å². The highest BCUT2D eigenvalue weighted by atomic mass is 16.5. The lowest BCUT2D eigenvalue weighted by atomic mass is 10.0. The second-order valence-electron chi connectivity index (χ2n) is 4.59. The number of rotatable bonds is 3. The van der Waals surface area contributed by atoms with Gasteiger partial charge in [0.05, 0.1) is 7.11 Å². The summed E-state index contributed by atoms with van der Waals surface area (Å²) in [4.78, 5) is 13.6. The average molecular weight is 245 g/mol. The Morgan fingerprint density at radius 1 is 1.28 bits per heavy atom. The third kappa shape index (κ3) is 3.70. The van der Waals surface area contributed by atoms with E-state index in [2.05, 4.69) is 33.9 Å². The Morgan fingerprint density at radius 2 is 1.94 bits per heavy atom. The summed E-state index contributed by atoms with van der Waals surface area (Å²) in [6, 6.07) is 10.5. The Balaban J connectivity index is 1.84. The van der Waals surface area contributed by atoms with Crippen LogP contribution in [0.25, 0.3) is 0 Å². The van der Waals surface area contributed by atoms with Crippen LogP contribution in [0.4, 0.5) is 0 Å². The lowest BCUT2D eigenvalue weighted by molar-refractivity contribution is -0.134. The fourth-order valence-corrected chi connectivity index (χ4v) is 2.21. The van der Waals surface area contributed by atoms with Gasteiger partial charge in [-0.05, 0) is 18.4 Å². The smallest absolute Gasteiger partial charge is 0.330 e. The largest absolute Gasteiger partial charge is 0.466 e. The van der Waals surface area contributed by atoms with Crippen molar-refractivity contribution in [3.63, 3.8) is 0 Å². The van der Waals surface area contributed by atoms with Crippen LogP contribution in [0.15, 0.2) is 42.0 Å². The molecule has 0 N–H and O–H groups in total. The first-order valence-corrected chi connectivity index (χ1v) is 6.31. The molecule has 0 aliphatic carbocycles. The molecule has 3 nitrogen and oxygen atoms in total. The number of likely N-dealkylation sites (tertiary alicyclic amines) is 1. The highest BCUT2D eigenvalue weighted by molar-refractivity contribution is 5.82. The van der Waals surface area contributed by atoms with Crippen LogP contribution >= 0.6 is 0 Å². The Morgan fingerprint density at radius 3 is 2.56 bits per heavy atom. The Hall–Kier alpha value is -1.61. The van der Waals surface area contributed by atoms with Crippen LogP contribution in [-0.2, 0) is 16.1 Å². The van der Waals surface area contributed by atoms with Crippen molar-refractivity contribution in [2.75, 3.05) is 20.2 Å². The summed E-state index contributed by atoms with van der Waals surface area (Å²) >= 11 is 0. The van der Waals surface area contributed by atoms with Crippen LogP contribution in [0, 0.1) is 0 Å². The molecule has 1 saturated heterocycles. The molecule has 1 fully saturated rings. The number of hydrogen-bond acceptors (Lipinski definition) is 3. The van der Waals surface area contributed by atoms with Crippen molar-refractivity contribution < 1.29 is 9.53 Å². The van der Waals surface area contributed by atoms with E-state index in [0.29, 0.717) is 0 Å². The summed E-state index contributed by atoms with van der Waals surface area (Å²) in [5.74, 6) is -0.235. The average Bonchev–Trinajstić information content (AvgIpc) is 2.42. The Labute approximate surface area is 108 Å². The number of methoxy groups -OCH3 is 1. The number of ether oxygens (including phenoxy) is 1. The van der Waals surface area contributed by atoms with E-state index in [-0.39, 0.29) is 5.97 Å². The SMILES string of the molecule is COC(=O)C=C1CCN(Cc2ccccc2)CC1. The summed E-state index contributed by atoms with van der Waals surface area (Å²) in [6.45, 7) is 3.02. The standard InChI is InChI=1S/C15H19NO2/c1-18-15(17)11-13-7-9-16(10-8-13)12-14-5-3-2-4-6-14/h2-6,11H,7-10,12H2,1H3. The van der Waals surface area contributed by atoms with Crippen molar-refractivity contribution in [3.8, 4) is 0 Å². The molecule has 96 valence electrons. The fraction of sp³-hybridized carbons (Fsp3) is 0.400. The van der Waals surface area contributed by atoms with Gasteiger partial charge in [0.25, 0.3) is 0 Å². The molecule has 0 unspecified atom stereocenters. The second-order valence-corrected chi connectivity index (χ2v) is 4.59. The van der Waals surface area contributed by atoms with Gasteiger partial charge >= 0.3 is 5.97 Å². The molecule has 1 aromatic carbocycles. The van der Waals surface area contributed by atoms with Gasteiger partial charge in [-0.25, -0.2) is 4.79 Å². The number of carbonyl (C=O) groups excluding carboxylic acids is 1. The molecule has 0 radical (unpaired) electrons. The third-order valence-electron chi connectivity index (χ3n) is 3.27. The lowest BCUT2D eigenvalue weighted by Gasteiger charge is -2.28. The third-order valence-corrected chi connectivity index (χ3v) is 3.27. The summed E-state index contributed by atoms with van der Waals surface area (Å²) in [7, 11) is 1.42. The van der Waals surface area contributed by atoms with Gasteiger partial charge in [0, 0.05) is 25.7 Å². The second kappa shape index (κ2) is 6.36. The zero-order valence-electron chi connectivity index (χ0n) is 10.8. The minimum absolute atomic E-state index is 0.235. The maximum absolute atomic E-state index is 11.1. The van der Waals surface area contributed by atoms with Crippen LogP contribution in [0.5, 0.6) is 0 Å². The molecular formula is C15H19NO2. The van der Waals surface area contributed by atoms with Crippen molar-refractivity contribution in [1.29, 1.82) is 0 Å². The number of carbonyl (C=O) groups is 1. The first-order chi connectivity index (χ1) is 8.78. The van der Waals surface area contributed by atoms with Crippen molar-refractivity contribution in [3.05, 3.63) is 47.5 Å². The fourth-order valence-electron chi connectivity index (χ4n) is 2.21. The molecule has 1 aromatic rings. The summed E-state index contributed by atoms with van der Waals surface area (Å²) in [6.07, 6.45) is 3.56. The molecule has 0 spiro atoms. The zero-order valence-corrected chi connectivity index (χ0v) is 10.8. The molecule has 1 aliphatic rings. The van der Waals surface area contributed by atoms with Crippen LogP contribution in [0.3, 0.4) is 0 Å². The number of piperidine rings is 1. The van der Waals surface area contributed by atoms with E-state index >= 15 is 0 Å². The number of esters is 1. The maximum Gasteiger partial charge on any atom is 0.330 e. The van der Waals surface area contributed by atoms with Gasteiger partial charge in [0.2, 0.25) is 0 Å². The molecule has 0 bridgehead atoms. The van der Waals surface area contributed by atoms with Crippen molar-refractivity contribution >= 4 is 5.97 Å². The van der Waals surface area contributed by atoms with Gasteiger partial charge in [-0.15, -0.1) is 0 Å². The van der Waals surface area contributed by atoms with Gasteiger partial charge in [0.1, 0.15) is 0 Å². The molecule has 0 amide bonds. The number of nitrogens with zero attached hydrogens (tertiary/aromatic N) is 1. The molecule has 2 rings (SSSR count). The molecular weight excluding hydrogens is 226 g/mol. The predicted octanol–water partition coefficient (Wildman–Crippen LogP) is 2.38. The zero-order chi connectivity index (χ0) is 12.8. The quantitative estimate of drug-likeness (QED) is 0.605. The first kappa shape index (κ1) is 12.8. The van der Waals surface area contributed by atoms with Gasteiger partial charge < -0.3 is 4.74 Å². The van der Waals surface area contributed by atoms with E-state index in [1.807, 2.05) is 6.07 Å². The van der Waals surface area contributed by atoms with E-state index in [1.54, 1.807) is 6.08 Å². The maximum atomic E-state index is 11.1. The molecule has 0 saturated carbocycles. The van der Waals surface area contributed by atoms with Crippen LogP contribution in [0.1, 0.15) is 18.4 Å². The number of hydrogen-bond donors (Lipinski definition) is 0. The monoisotopic (exact) mass is 245 g/mol. The molecule has 3 heteroatoms. The first-order valence-electron chi connectivity index (χ1n) is 6.31. The minimum Gasteiger partial charge on any atom is -0.466 e. The van der Waals surface area contributed by atoms with E-state index in [9.17, 15) is 4.79 Å². The van der Waals surface area contributed by atoms with Crippen molar-refractivity contribution in [1.82, 2.24) is 4.90 Å². The molecule has 0 atom stereocenters. The van der Waals surface area contributed by atoms with Gasteiger partial charge in [0.15, 0.2) is 0 Å². The summed E-state index contributed by atoms with van der Waals surface area (Å²) < 4.78 is 4.65. The minimum atomic E-state index is -0.235.